The van der Waals surface area contributed by atoms with Gasteiger partial charge in [0.2, 0.25) is 5.91 Å². The highest BCUT2D eigenvalue weighted by atomic mass is 16.4. The van der Waals surface area contributed by atoms with Crippen molar-refractivity contribution in [2.45, 2.75) is 19.0 Å². The molecule has 5 nitrogen and oxygen atoms in total. The molecule has 1 aromatic rings. The van der Waals surface area contributed by atoms with E-state index in [9.17, 15) is 9.59 Å². The number of carboxylic acid groups (broad SMARTS) is 1. The maximum absolute atomic E-state index is 11.3. The van der Waals surface area contributed by atoms with Crippen LogP contribution in [-0.2, 0) is 9.59 Å². The number of carbonyl (C=O) groups is 2. The number of hydrogen-bond acceptors (Lipinski definition) is 3. The Morgan fingerprint density at radius 1 is 1.31 bits per heavy atom. The zero-order valence-electron chi connectivity index (χ0n) is 8.88. The number of aliphatic carboxylic acids is 1. The van der Waals surface area contributed by atoms with E-state index in [1.165, 1.54) is 6.92 Å². The van der Waals surface area contributed by atoms with Gasteiger partial charge in [-0.05, 0) is 12.5 Å². The minimum atomic E-state index is -1.11. The molecule has 2 unspecified atom stereocenters. The van der Waals surface area contributed by atoms with Gasteiger partial charge in [-0.3, -0.25) is 4.79 Å². The number of benzene rings is 1. The van der Waals surface area contributed by atoms with Gasteiger partial charge < -0.3 is 16.2 Å². The van der Waals surface area contributed by atoms with Crippen molar-refractivity contribution in [1.29, 1.82) is 0 Å². The van der Waals surface area contributed by atoms with Crippen LogP contribution in [0.1, 0.15) is 18.5 Å². The van der Waals surface area contributed by atoms with E-state index in [-0.39, 0.29) is 0 Å². The number of rotatable bonds is 4. The molecule has 1 aromatic carbocycles. The summed E-state index contributed by atoms with van der Waals surface area (Å²) in [7, 11) is 0. The highest BCUT2D eigenvalue weighted by Gasteiger charge is 2.22. The third-order valence-corrected chi connectivity index (χ3v) is 2.08. The third-order valence-electron chi connectivity index (χ3n) is 2.08. The summed E-state index contributed by atoms with van der Waals surface area (Å²) in [6.07, 6.45) is 0. The Bertz CT molecular complexity index is 376. The van der Waals surface area contributed by atoms with Crippen LogP contribution < -0.4 is 11.1 Å². The molecule has 0 aliphatic rings. The van der Waals surface area contributed by atoms with Crippen LogP contribution in [0.3, 0.4) is 0 Å². The van der Waals surface area contributed by atoms with Crippen molar-refractivity contribution < 1.29 is 14.7 Å². The normalized spacial score (nSPS) is 13.9. The van der Waals surface area contributed by atoms with E-state index in [0.29, 0.717) is 5.56 Å². The molecule has 0 aromatic heterocycles. The summed E-state index contributed by atoms with van der Waals surface area (Å²) in [6, 6.07) is 6.69. The maximum atomic E-state index is 11.3. The molecular formula is C11H14N2O3. The number of nitrogens with two attached hydrogens (primary N) is 1. The molecule has 0 saturated heterocycles. The minimum absolute atomic E-state index is 0.490. The van der Waals surface area contributed by atoms with Crippen molar-refractivity contribution in [2.24, 2.45) is 5.73 Å². The van der Waals surface area contributed by atoms with Crippen molar-refractivity contribution in [3.05, 3.63) is 35.9 Å². The van der Waals surface area contributed by atoms with Crippen LogP contribution in [0.15, 0.2) is 30.3 Å². The lowest BCUT2D eigenvalue weighted by atomic mass is 10.1. The van der Waals surface area contributed by atoms with E-state index in [1.54, 1.807) is 30.3 Å². The van der Waals surface area contributed by atoms with E-state index in [4.69, 9.17) is 10.8 Å². The average Bonchev–Trinajstić information content (AvgIpc) is 2.26. The fraction of sp³-hybridized carbons (Fsp3) is 0.273. The maximum Gasteiger partial charge on any atom is 0.330 e. The van der Waals surface area contributed by atoms with Gasteiger partial charge in [-0.2, -0.15) is 0 Å². The standard InChI is InChI=1S/C11H14N2O3/c1-7(12)10(14)13-9(11(15)16)8-5-3-2-4-6-8/h2-7,9H,12H2,1H3,(H,13,14)(H,15,16). The Hall–Kier alpha value is -1.88. The van der Waals surface area contributed by atoms with Gasteiger partial charge in [-0.1, -0.05) is 30.3 Å². The molecule has 0 fully saturated rings. The first-order valence-electron chi connectivity index (χ1n) is 4.86. The van der Waals surface area contributed by atoms with Crippen LogP contribution in [0.4, 0.5) is 0 Å². The fourth-order valence-corrected chi connectivity index (χ4v) is 1.21. The smallest absolute Gasteiger partial charge is 0.330 e. The van der Waals surface area contributed by atoms with Gasteiger partial charge in [-0.25, -0.2) is 4.79 Å². The van der Waals surface area contributed by atoms with Gasteiger partial charge in [0.25, 0.3) is 0 Å². The summed E-state index contributed by atoms with van der Waals surface area (Å²) in [5.74, 6) is -1.60. The summed E-state index contributed by atoms with van der Waals surface area (Å²) < 4.78 is 0. The molecule has 0 radical (unpaired) electrons. The highest BCUT2D eigenvalue weighted by molar-refractivity contribution is 5.87. The largest absolute Gasteiger partial charge is 0.479 e. The van der Waals surface area contributed by atoms with Gasteiger partial charge in [0.1, 0.15) is 0 Å². The highest BCUT2D eigenvalue weighted by Crippen LogP contribution is 2.12. The zero-order chi connectivity index (χ0) is 12.1. The minimum Gasteiger partial charge on any atom is -0.479 e. The molecule has 5 heteroatoms. The lowest BCUT2D eigenvalue weighted by molar-refractivity contribution is -0.142. The van der Waals surface area contributed by atoms with Crippen LogP contribution in [0, 0.1) is 0 Å². The lowest BCUT2D eigenvalue weighted by Crippen LogP contribution is -2.42. The second-order valence-electron chi connectivity index (χ2n) is 3.48. The van der Waals surface area contributed by atoms with Crippen LogP contribution >= 0.6 is 0 Å². The predicted octanol–water partition coefficient (Wildman–Crippen LogP) is 0.276. The Balaban J connectivity index is 2.85. The van der Waals surface area contributed by atoms with E-state index < -0.39 is 24.0 Å². The summed E-state index contributed by atoms with van der Waals surface area (Å²) in [5, 5.41) is 11.4. The molecule has 0 heterocycles. The quantitative estimate of drug-likeness (QED) is 0.682. The number of carboxylic acids is 1. The number of hydrogen-bond donors (Lipinski definition) is 3. The molecule has 0 spiro atoms. The number of amides is 1. The first-order valence-corrected chi connectivity index (χ1v) is 4.86. The molecule has 4 N–H and O–H groups in total. The second kappa shape index (κ2) is 5.27. The van der Waals surface area contributed by atoms with Gasteiger partial charge >= 0.3 is 5.97 Å². The predicted molar refractivity (Wildman–Crippen MR) is 58.6 cm³/mol. The third kappa shape index (κ3) is 3.06. The van der Waals surface area contributed by atoms with E-state index in [2.05, 4.69) is 5.32 Å². The van der Waals surface area contributed by atoms with Crippen LogP contribution in [0.2, 0.25) is 0 Å². The van der Waals surface area contributed by atoms with Crippen molar-refractivity contribution in [2.75, 3.05) is 0 Å². The lowest BCUT2D eigenvalue weighted by Gasteiger charge is -2.16. The van der Waals surface area contributed by atoms with Gasteiger partial charge in [0.15, 0.2) is 6.04 Å². The molecule has 2 atom stereocenters. The number of nitrogens with one attached hydrogen (secondary N) is 1. The van der Waals surface area contributed by atoms with Crippen molar-refractivity contribution in [3.63, 3.8) is 0 Å². The average molecular weight is 222 g/mol. The first-order chi connectivity index (χ1) is 7.52. The van der Waals surface area contributed by atoms with Crippen LogP contribution in [0.5, 0.6) is 0 Å². The molecule has 1 amide bonds. The molecule has 0 aliphatic heterocycles. The summed E-state index contributed by atoms with van der Waals surface area (Å²) >= 11 is 0. The Morgan fingerprint density at radius 3 is 2.31 bits per heavy atom. The van der Waals surface area contributed by atoms with Gasteiger partial charge in [0.05, 0.1) is 6.04 Å². The molecule has 0 bridgehead atoms. The van der Waals surface area contributed by atoms with Gasteiger partial charge in [0, 0.05) is 0 Å². The van der Waals surface area contributed by atoms with E-state index in [0.717, 1.165) is 0 Å². The molecule has 86 valence electrons. The Kier molecular flexibility index (Phi) is 4.02. The summed E-state index contributed by atoms with van der Waals surface area (Å²) in [6.45, 7) is 1.50. The van der Waals surface area contributed by atoms with Gasteiger partial charge in [-0.15, -0.1) is 0 Å². The molecule has 0 saturated carbocycles. The van der Waals surface area contributed by atoms with Crippen molar-refractivity contribution in [1.82, 2.24) is 5.32 Å². The second-order valence-corrected chi connectivity index (χ2v) is 3.48. The molecule has 16 heavy (non-hydrogen) atoms. The van der Waals surface area contributed by atoms with Crippen molar-refractivity contribution in [3.8, 4) is 0 Å². The zero-order valence-corrected chi connectivity index (χ0v) is 8.88. The van der Waals surface area contributed by atoms with Crippen LogP contribution in [-0.4, -0.2) is 23.0 Å². The fourth-order valence-electron chi connectivity index (χ4n) is 1.21. The first kappa shape index (κ1) is 12.2. The van der Waals surface area contributed by atoms with E-state index in [1.807, 2.05) is 0 Å². The monoisotopic (exact) mass is 222 g/mol. The SMILES string of the molecule is CC(N)C(=O)NC(C(=O)O)c1ccccc1. The molecular weight excluding hydrogens is 208 g/mol. The Morgan fingerprint density at radius 2 is 1.88 bits per heavy atom. The Labute approximate surface area is 93.3 Å². The molecule has 1 rings (SSSR count). The summed E-state index contributed by atoms with van der Waals surface area (Å²) in [5.41, 5.74) is 5.88. The van der Waals surface area contributed by atoms with Crippen LogP contribution in [0.25, 0.3) is 0 Å². The van der Waals surface area contributed by atoms with E-state index >= 15 is 0 Å². The number of carbonyl (C=O) groups excluding carboxylic acids is 1. The molecule has 0 aliphatic carbocycles. The van der Waals surface area contributed by atoms with Crippen molar-refractivity contribution >= 4 is 11.9 Å². The topological polar surface area (TPSA) is 92.4 Å². The summed E-state index contributed by atoms with van der Waals surface area (Å²) in [4.78, 5) is 22.3.